The predicted molar refractivity (Wildman–Crippen MR) is 189 cm³/mol. The number of ether oxygens (including phenoxy) is 3. The molecule has 0 spiro atoms. The Labute approximate surface area is 298 Å². The van der Waals surface area contributed by atoms with Crippen LogP contribution in [0, 0.1) is 0 Å². The molecule has 2 heterocycles. The molecule has 4 aromatic carbocycles. The molecule has 51 heavy (non-hydrogen) atoms. The van der Waals surface area contributed by atoms with E-state index < -0.39 is 18.3 Å². The van der Waals surface area contributed by atoms with Gasteiger partial charge in [0.2, 0.25) is 5.16 Å². The van der Waals surface area contributed by atoms with Crippen LogP contribution in [0.5, 0.6) is 5.75 Å². The zero-order valence-corrected chi connectivity index (χ0v) is 28.7. The van der Waals surface area contributed by atoms with Gasteiger partial charge >= 0.3 is 12.0 Å². The van der Waals surface area contributed by atoms with Crippen LogP contribution < -0.4 is 10.6 Å². The molecule has 1 saturated heterocycles. The summed E-state index contributed by atoms with van der Waals surface area (Å²) in [6.45, 7) is 1.97. The first-order valence-electron chi connectivity index (χ1n) is 16.5. The Kier molecular flexibility index (Phi) is 11.9. The standard InChI is InChI=1S/C37H38N6O7S/c1-2-48-34(46)21-39-36(47)38-20-28-5-3-4-6-32(28)25-11-13-27(14-12-25)35-49-31(19-33(50-35)26-9-7-24(22-44)8-10-26)23-51-37-40-41-42-43(37)29-15-17-30(45)18-16-29/h3-18,31,33,35,44-45H,2,19-23H2,1H3,(H2,38,39,47)/t31-,33+,35+/m0/s1. The summed E-state index contributed by atoms with van der Waals surface area (Å²) in [5.41, 5.74) is 6.16. The molecule has 1 aliphatic rings. The number of aromatic nitrogens is 4. The van der Waals surface area contributed by atoms with Gasteiger partial charge in [-0.25, -0.2) is 4.79 Å². The molecule has 1 aliphatic heterocycles. The first-order chi connectivity index (χ1) is 24.9. The zero-order valence-electron chi connectivity index (χ0n) is 27.8. The maximum Gasteiger partial charge on any atom is 0.325 e. The average Bonchev–Trinajstić information content (AvgIpc) is 3.65. The number of hydrogen-bond donors (Lipinski definition) is 4. The Morgan fingerprint density at radius 3 is 2.43 bits per heavy atom. The molecule has 5 aromatic rings. The van der Waals surface area contributed by atoms with E-state index in [0.717, 1.165) is 39.1 Å². The number of aliphatic hydroxyl groups excluding tert-OH is 1. The highest BCUT2D eigenvalue weighted by atomic mass is 32.2. The summed E-state index contributed by atoms with van der Waals surface area (Å²) in [5, 5.41) is 37.4. The van der Waals surface area contributed by atoms with Crippen LogP contribution in [-0.2, 0) is 32.2 Å². The van der Waals surface area contributed by atoms with Gasteiger partial charge in [-0.05, 0) is 69.4 Å². The van der Waals surface area contributed by atoms with E-state index in [1.165, 1.54) is 11.8 Å². The van der Waals surface area contributed by atoms with Gasteiger partial charge in [0.05, 0.1) is 31.1 Å². The number of urea groups is 1. The minimum atomic E-state index is -0.658. The summed E-state index contributed by atoms with van der Waals surface area (Å²) in [7, 11) is 0. The van der Waals surface area contributed by atoms with Crippen LogP contribution in [0.25, 0.3) is 16.8 Å². The summed E-state index contributed by atoms with van der Waals surface area (Å²) >= 11 is 1.47. The molecule has 0 unspecified atom stereocenters. The summed E-state index contributed by atoms with van der Waals surface area (Å²) < 4.78 is 19.6. The number of rotatable bonds is 13. The van der Waals surface area contributed by atoms with Crippen LogP contribution in [-0.4, -0.2) is 67.4 Å². The van der Waals surface area contributed by atoms with Crippen molar-refractivity contribution in [3.63, 3.8) is 0 Å². The Bertz CT molecular complexity index is 1900. The normalized spacial score (nSPS) is 17.1. The summed E-state index contributed by atoms with van der Waals surface area (Å²) in [6, 6.07) is 29.6. The van der Waals surface area contributed by atoms with Gasteiger partial charge in [0.25, 0.3) is 0 Å². The van der Waals surface area contributed by atoms with Gasteiger partial charge in [-0.15, -0.1) is 5.10 Å². The number of nitrogens with one attached hydrogen (secondary N) is 2. The maximum atomic E-state index is 12.3. The monoisotopic (exact) mass is 710 g/mol. The number of benzene rings is 4. The highest BCUT2D eigenvalue weighted by Crippen LogP contribution is 2.40. The Hall–Kier alpha value is -5.28. The fraction of sp³-hybridized carbons (Fsp3) is 0.270. The van der Waals surface area contributed by atoms with E-state index in [0.29, 0.717) is 17.3 Å². The van der Waals surface area contributed by atoms with E-state index in [-0.39, 0.29) is 44.3 Å². The van der Waals surface area contributed by atoms with Crippen molar-refractivity contribution in [2.45, 2.75) is 50.2 Å². The lowest BCUT2D eigenvalue weighted by atomic mass is 9.98. The smallest absolute Gasteiger partial charge is 0.325 e. The lowest BCUT2D eigenvalue weighted by molar-refractivity contribution is -0.245. The number of phenols is 1. The molecular formula is C37H38N6O7S. The van der Waals surface area contributed by atoms with Gasteiger partial charge in [0.1, 0.15) is 12.3 Å². The van der Waals surface area contributed by atoms with Gasteiger partial charge in [0.15, 0.2) is 6.29 Å². The van der Waals surface area contributed by atoms with Gasteiger partial charge in [-0.1, -0.05) is 84.6 Å². The van der Waals surface area contributed by atoms with Gasteiger partial charge in [-0.3, -0.25) is 4.79 Å². The molecule has 1 fully saturated rings. The number of esters is 1. The number of tetrazole rings is 1. The summed E-state index contributed by atoms with van der Waals surface area (Å²) in [4.78, 5) is 23.9. The van der Waals surface area contributed by atoms with Crippen molar-refractivity contribution in [2.24, 2.45) is 0 Å². The van der Waals surface area contributed by atoms with Crippen LogP contribution in [0.3, 0.4) is 0 Å². The van der Waals surface area contributed by atoms with Crippen LogP contribution in [0.1, 0.15) is 48.0 Å². The maximum absolute atomic E-state index is 12.3. The van der Waals surface area contributed by atoms with E-state index in [4.69, 9.17) is 14.2 Å². The number of hydrogen-bond acceptors (Lipinski definition) is 11. The van der Waals surface area contributed by atoms with Crippen LogP contribution >= 0.6 is 11.8 Å². The molecule has 2 amide bonds. The topological polar surface area (TPSA) is 170 Å². The molecule has 0 saturated carbocycles. The average molecular weight is 711 g/mol. The van der Waals surface area contributed by atoms with E-state index in [1.54, 1.807) is 35.9 Å². The van der Waals surface area contributed by atoms with E-state index >= 15 is 0 Å². The zero-order chi connectivity index (χ0) is 35.6. The third-order valence-corrected chi connectivity index (χ3v) is 9.25. The lowest BCUT2D eigenvalue weighted by Gasteiger charge is -2.36. The van der Waals surface area contributed by atoms with Gasteiger partial charge in [-0.2, -0.15) is 4.68 Å². The second-order valence-electron chi connectivity index (χ2n) is 11.7. The summed E-state index contributed by atoms with van der Waals surface area (Å²) in [6.07, 6.45) is -0.553. The van der Waals surface area contributed by atoms with E-state index in [1.807, 2.05) is 72.8 Å². The number of carbonyl (C=O) groups excluding carboxylic acids is 2. The molecule has 4 N–H and O–H groups in total. The predicted octanol–water partition coefficient (Wildman–Crippen LogP) is 5.23. The molecule has 0 bridgehead atoms. The molecule has 0 radical (unpaired) electrons. The van der Waals surface area contributed by atoms with Gasteiger partial charge < -0.3 is 35.1 Å². The number of phenolic OH excluding ortho intramolecular Hbond substituents is 1. The highest BCUT2D eigenvalue weighted by molar-refractivity contribution is 7.99. The minimum absolute atomic E-state index is 0.0409. The SMILES string of the molecule is CCOC(=O)CNC(=O)NCc1ccccc1-c1ccc([C@@H]2O[C@H](CSc3nnnn3-c3ccc(O)cc3)C[C@H](c3ccc(CO)cc3)O2)cc1. The van der Waals surface area contributed by atoms with Crippen molar-refractivity contribution < 1.29 is 34.0 Å². The van der Waals surface area contributed by atoms with Gasteiger partial charge in [0, 0.05) is 24.3 Å². The number of thioether (sulfide) groups is 1. The molecular weight excluding hydrogens is 673 g/mol. The fourth-order valence-electron chi connectivity index (χ4n) is 5.59. The molecule has 1 aromatic heterocycles. The van der Waals surface area contributed by atoms with Crippen molar-refractivity contribution in [2.75, 3.05) is 18.9 Å². The van der Waals surface area contributed by atoms with Crippen LogP contribution in [0.2, 0.25) is 0 Å². The highest BCUT2D eigenvalue weighted by Gasteiger charge is 2.33. The second-order valence-corrected chi connectivity index (χ2v) is 12.7. The molecule has 14 heteroatoms. The van der Waals surface area contributed by atoms with Crippen molar-refractivity contribution in [3.8, 4) is 22.6 Å². The van der Waals surface area contributed by atoms with Crippen LogP contribution in [0.15, 0.2) is 102 Å². The third-order valence-electron chi connectivity index (χ3n) is 8.20. The number of amides is 2. The second kappa shape index (κ2) is 17.1. The van der Waals surface area contributed by atoms with Crippen molar-refractivity contribution in [1.29, 1.82) is 0 Å². The van der Waals surface area contributed by atoms with Crippen molar-refractivity contribution in [3.05, 3.63) is 119 Å². The van der Waals surface area contributed by atoms with E-state index in [2.05, 4.69) is 26.2 Å². The fourth-order valence-corrected chi connectivity index (χ4v) is 6.50. The summed E-state index contributed by atoms with van der Waals surface area (Å²) in [5.74, 6) is 0.209. The number of aromatic hydroxyl groups is 1. The molecule has 264 valence electrons. The van der Waals surface area contributed by atoms with Crippen molar-refractivity contribution in [1.82, 2.24) is 30.8 Å². The minimum Gasteiger partial charge on any atom is -0.508 e. The molecule has 6 rings (SSSR count). The van der Waals surface area contributed by atoms with E-state index in [9.17, 15) is 19.8 Å². The first-order valence-corrected chi connectivity index (χ1v) is 17.5. The molecule has 13 nitrogen and oxygen atoms in total. The Morgan fingerprint density at radius 1 is 0.941 bits per heavy atom. The Balaban J connectivity index is 1.16. The van der Waals surface area contributed by atoms with Crippen LogP contribution in [0.4, 0.5) is 4.79 Å². The quantitative estimate of drug-likeness (QED) is 0.0933. The number of nitrogens with zero attached hydrogens (tertiary/aromatic N) is 4. The largest absolute Gasteiger partial charge is 0.508 e. The lowest BCUT2D eigenvalue weighted by Crippen LogP contribution is -2.38. The number of aliphatic hydroxyl groups is 1. The molecule has 3 atom stereocenters. The van der Waals surface area contributed by atoms with Crippen molar-refractivity contribution >= 4 is 23.8 Å². The Morgan fingerprint density at radius 2 is 1.69 bits per heavy atom. The first kappa shape index (κ1) is 35.5. The third kappa shape index (κ3) is 9.29. The molecule has 0 aliphatic carbocycles. The number of carbonyl (C=O) groups is 2.